The molecule has 0 saturated heterocycles. The van der Waals surface area contributed by atoms with Crippen LogP contribution in [0.15, 0.2) is 28.9 Å². The Kier molecular flexibility index (Phi) is 1.90. The molecule has 0 amide bonds. The highest BCUT2D eigenvalue weighted by atomic mass is 79.9. The first-order valence-corrected chi connectivity index (χ1v) is 4.47. The van der Waals surface area contributed by atoms with Gasteiger partial charge in [0.15, 0.2) is 0 Å². The first kappa shape index (κ1) is 7.83. The van der Waals surface area contributed by atoms with E-state index in [9.17, 15) is 0 Å². The zero-order valence-electron chi connectivity index (χ0n) is 6.34. The van der Waals surface area contributed by atoms with Crippen LogP contribution in [0.5, 0.6) is 0 Å². The van der Waals surface area contributed by atoms with Gasteiger partial charge in [-0.15, -0.1) is 0 Å². The van der Waals surface area contributed by atoms with Crippen LogP contribution in [0.2, 0.25) is 0 Å². The van der Waals surface area contributed by atoms with Crippen molar-refractivity contribution in [3.8, 4) is 0 Å². The summed E-state index contributed by atoms with van der Waals surface area (Å²) >= 11 is 3.43. The summed E-state index contributed by atoms with van der Waals surface area (Å²) in [7, 11) is 0. The van der Waals surface area contributed by atoms with Crippen LogP contribution in [0.4, 0.5) is 0 Å². The number of hydrogen-bond acceptors (Lipinski definition) is 1. The van der Waals surface area contributed by atoms with Gasteiger partial charge in [0.2, 0.25) is 0 Å². The van der Waals surface area contributed by atoms with Crippen molar-refractivity contribution in [2.45, 2.75) is 6.61 Å². The minimum atomic E-state index is 0.0850. The van der Waals surface area contributed by atoms with Crippen LogP contribution < -0.4 is 0 Å². The van der Waals surface area contributed by atoms with E-state index in [0.717, 1.165) is 20.9 Å². The average molecular weight is 226 g/mol. The van der Waals surface area contributed by atoms with E-state index in [4.69, 9.17) is 5.11 Å². The van der Waals surface area contributed by atoms with Gasteiger partial charge in [0, 0.05) is 16.1 Å². The van der Waals surface area contributed by atoms with Crippen molar-refractivity contribution < 1.29 is 5.11 Å². The summed E-state index contributed by atoms with van der Waals surface area (Å²) in [4.78, 5) is 3.10. The van der Waals surface area contributed by atoms with Crippen LogP contribution in [0.25, 0.3) is 10.9 Å². The second-order valence-corrected chi connectivity index (χ2v) is 3.49. The quantitative estimate of drug-likeness (QED) is 0.769. The van der Waals surface area contributed by atoms with Gasteiger partial charge in [0.25, 0.3) is 0 Å². The summed E-state index contributed by atoms with van der Waals surface area (Å²) in [5.41, 5.74) is 2.00. The summed E-state index contributed by atoms with van der Waals surface area (Å²) in [6, 6.07) is 5.82. The molecule has 0 aliphatic carbocycles. The molecule has 0 saturated carbocycles. The van der Waals surface area contributed by atoms with E-state index >= 15 is 0 Å². The number of hydrogen-bond donors (Lipinski definition) is 2. The third-order valence-electron chi connectivity index (χ3n) is 1.93. The Bertz CT molecular complexity index is 408. The molecule has 12 heavy (non-hydrogen) atoms. The Hall–Kier alpha value is -0.800. The van der Waals surface area contributed by atoms with Crippen molar-refractivity contribution in [1.82, 2.24) is 4.98 Å². The molecular weight excluding hydrogens is 218 g/mol. The van der Waals surface area contributed by atoms with Crippen molar-refractivity contribution in [2.24, 2.45) is 0 Å². The summed E-state index contributed by atoms with van der Waals surface area (Å²) in [6.45, 7) is 0.0850. The van der Waals surface area contributed by atoms with Gasteiger partial charge in [-0.05, 0) is 33.6 Å². The van der Waals surface area contributed by atoms with Crippen LogP contribution in [0, 0.1) is 0 Å². The molecule has 0 unspecified atom stereocenters. The number of aliphatic hydroxyl groups excluding tert-OH is 1. The average Bonchev–Trinajstić information content (AvgIpc) is 2.54. The molecule has 3 heteroatoms. The van der Waals surface area contributed by atoms with Gasteiger partial charge in [-0.3, -0.25) is 0 Å². The van der Waals surface area contributed by atoms with Crippen LogP contribution in [0.1, 0.15) is 5.56 Å². The second-order valence-electron chi connectivity index (χ2n) is 2.63. The summed E-state index contributed by atoms with van der Waals surface area (Å²) in [6.07, 6.45) is 1.87. The Morgan fingerprint density at radius 3 is 2.92 bits per heavy atom. The van der Waals surface area contributed by atoms with Gasteiger partial charge in [-0.25, -0.2) is 0 Å². The molecule has 2 rings (SSSR count). The minimum absolute atomic E-state index is 0.0850. The van der Waals surface area contributed by atoms with Gasteiger partial charge >= 0.3 is 0 Å². The first-order chi connectivity index (χ1) is 5.83. The number of aromatic amines is 1. The Labute approximate surface area is 78.3 Å². The molecule has 1 heterocycles. The lowest BCUT2D eigenvalue weighted by atomic mass is 10.1. The zero-order chi connectivity index (χ0) is 8.55. The normalized spacial score (nSPS) is 10.8. The molecule has 0 fully saturated rings. The summed E-state index contributed by atoms with van der Waals surface area (Å²) < 4.78 is 1.03. The number of fused-ring (bicyclic) bond motifs is 1. The highest BCUT2D eigenvalue weighted by molar-refractivity contribution is 9.10. The van der Waals surface area contributed by atoms with E-state index in [1.165, 1.54) is 0 Å². The monoisotopic (exact) mass is 225 g/mol. The highest BCUT2D eigenvalue weighted by Crippen LogP contribution is 2.25. The lowest BCUT2D eigenvalue weighted by Crippen LogP contribution is -1.83. The van der Waals surface area contributed by atoms with Gasteiger partial charge in [0.05, 0.1) is 12.1 Å². The molecule has 1 aromatic heterocycles. The minimum Gasteiger partial charge on any atom is -0.392 e. The van der Waals surface area contributed by atoms with Gasteiger partial charge in [0.1, 0.15) is 0 Å². The van der Waals surface area contributed by atoms with E-state index in [1.807, 2.05) is 24.4 Å². The molecule has 0 aliphatic heterocycles. The van der Waals surface area contributed by atoms with E-state index in [1.54, 1.807) is 0 Å². The maximum absolute atomic E-state index is 9.02. The van der Waals surface area contributed by atoms with E-state index in [0.29, 0.717) is 0 Å². The van der Waals surface area contributed by atoms with E-state index in [2.05, 4.69) is 20.9 Å². The van der Waals surface area contributed by atoms with Gasteiger partial charge in [-0.2, -0.15) is 0 Å². The van der Waals surface area contributed by atoms with Gasteiger partial charge < -0.3 is 10.1 Å². The second kappa shape index (κ2) is 2.92. The van der Waals surface area contributed by atoms with Crippen LogP contribution >= 0.6 is 15.9 Å². The molecule has 2 aromatic rings. The number of rotatable bonds is 1. The zero-order valence-corrected chi connectivity index (χ0v) is 7.93. The van der Waals surface area contributed by atoms with Crippen molar-refractivity contribution in [3.63, 3.8) is 0 Å². The molecule has 2 N–H and O–H groups in total. The Morgan fingerprint density at radius 2 is 2.17 bits per heavy atom. The SMILES string of the molecule is OCc1ccc(Br)c2[nH]ccc12. The molecule has 1 aromatic carbocycles. The Morgan fingerprint density at radius 1 is 1.33 bits per heavy atom. The van der Waals surface area contributed by atoms with Crippen LogP contribution in [-0.4, -0.2) is 10.1 Å². The molecular formula is C9H8BrNO. The standard InChI is InChI=1S/C9H8BrNO/c10-8-2-1-6(5-12)7-3-4-11-9(7)8/h1-4,11-12H,5H2. The number of benzene rings is 1. The van der Waals surface area contributed by atoms with Gasteiger partial charge in [-0.1, -0.05) is 6.07 Å². The molecule has 0 aliphatic rings. The van der Waals surface area contributed by atoms with E-state index in [-0.39, 0.29) is 6.61 Å². The molecule has 0 spiro atoms. The third-order valence-corrected chi connectivity index (χ3v) is 2.59. The number of aliphatic hydroxyl groups is 1. The number of H-pyrrole nitrogens is 1. The van der Waals surface area contributed by atoms with Crippen molar-refractivity contribution in [1.29, 1.82) is 0 Å². The molecule has 0 radical (unpaired) electrons. The summed E-state index contributed by atoms with van der Waals surface area (Å²) in [5, 5.41) is 10.1. The fraction of sp³-hybridized carbons (Fsp3) is 0.111. The maximum Gasteiger partial charge on any atom is 0.0688 e. The van der Waals surface area contributed by atoms with E-state index < -0.39 is 0 Å². The number of halogens is 1. The molecule has 0 atom stereocenters. The fourth-order valence-electron chi connectivity index (χ4n) is 1.32. The molecule has 0 bridgehead atoms. The largest absolute Gasteiger partial charge is 0.392 e. The third kappa shape index (κ3) is 1.06. The number of aromatic nitrogens is 1. The van der Waals surface area contributed by atoms with Crippen molar-refractivity contribution >= 4 is 26.8 Å². The fourth-order valence-corrected chi connectivity index (χ4v) is 1.78. The predicted octanol–water partition coefficient (Wildman–Crippen LogP) is 2.42. The maximum atomic E-state index is 9.02. The van der Waals surface area contributed by atoms with Crippen LogP contribution in [-0.2, 0) is 6.61 Å². The molecule has 2 nitrogen and oxygen atoms in total. The predicted molar refractivity (Wildman–Crippen MR) is 51.9 cm³/mol. The molecule has 62 valence electrons. The number of nitrogens with one attached hydrogen (secondary N) is 1. The topological polar surface area (TPSA) is 36.0 Å². The van der Waals surface area contributed by atoms with Crippen molar-refractivity contribution in [3.05, 3.63) is 34.4 Å². The lowest BCUT2D eigenvalue weighted by Gasteiger charge is -1.99. The first-order valence-electron chi connectivity index (χ1n) is 3.68. The highest BCUT2D eigenvalue weighted by Gasteiger charge is 2.03. The van der Waals surface area contributed by atoms with Crippen molar-refractivity contribution in [2.75, 3.05) is 0 Å². The smallest absolute Gasteiger partial charge is 0.0688 e. The Balaban J connectivity index is 2.82. The lowest BCUT2D eigenvalue weighted by molar-refractivity contribution is 0.283. The van der Waals surface area contributed by atoms with Crippen LogP contribution in [0.3, 0.4) is 0 Å². The summed E-state index contributed by atoms with van der Waals surface area (Å²) in [5.74, 6) is 0.